The topological polar surface area (TPSA) is 95.6 Å². The van der Waals surface area contributed by atoms with Gasteiger partial charge in [0, 0.05) is 29.7 Å². The van der Waals surface area contributed by atoms with Crippen LogP contribution in [0.4, 0.5) is 0 Å². The van der Waals surface area contributed by atoms with E-state index >= 15 is 0 Å². The number of amides is 2. The van der Waals surface area contributed by atoms with Crippen LogP contribution in [0.1, 0.15) is 37.0 Å². The van der Waals surface area contributed by atoms with Crippen molar-refractivity contribution in [3.05, 3.63) is 34.9 Å². The Kier molecular flexibility index (Phi) is 7.02. The van der Waals surface area contributed by atoms with Gasteiger partial charge in [0.1, 0.15) is 0 Å². The Hall–Kier alpha value is -1.64. The number of piperidine rings is 1. The lowest BCUT2D eigenvalue weighted by atomic mass is 10.1. The predicted molar refractivity (Wildman–Crippen MR) is 101 cm³/mol. The third kappa shape index (κ3) is 5.69. The number of hydrogen-bond acceptors (Lipinski definition) is 4. The van der Waals surface area contributed by atoms with E-state index in [1.54, 1.807) is 38.1 Å². The molecule has 1 atom stereocenters. The molecule has 1 fully saturated rings. The molecule has 9 heteroatoms. The smallest absolute Gasteiger partial charge is 0.253 e. The van der Waals surface area contributed by atoms with Crippen LogP contribution in [-0.4, -0.2) is 56.1 Å². The van der Waals surface area contributed by atoms with Gasteiger partial charge in [-0.2, -0.15) is 0 Å². The van der Waals surface area contributed by atoms with Crippen LogP contribution >= 0.6 is 11.6 Å². The number of halogens is 1. The second kappa shape index (κ2) is 8.83. The van der Waals surface area contributed by atoms with Crippen molar-refractivity contribution in [3.63, 3.8) is 0 Å². The molecular formula is C17H24ClN3O4S. The Labute approximate surface area is 159 Å². The molecule has 1 aromatic rings. The first-order chi connectivity index (χ1) is 12.2. The first-order valence-electron chi connectivity index (χ1n) is 8.51. The first-order valence-corrected chi connectivity index (χ1v) is 10.4. The molecule has 1 saturated heterocycles. The van der Waals surface area contributed by atoms with Gasteiger partial charge in [-0.3, -0.25) is 9.59 Å². The van der Waals surface area contributed by atoms with Gasteiger partial charge in [-0.1, -0.05) is 17.7 Å². The molecule has 2 rings (SSSR count). The van der Waals surface area contributed by atoms with E-state index in [1.165, 1.54) is 4.90 Å². The van der Waals surface area contributed by atoms with Crippen LogP contribution in [-0.2, 0) is 14.8 Å². The zero-order valence-electron chi connectivity index (χ0n) is 14.9. The van der Waals surface area contributed by atoms with Gasteiger partial charge in [0.2, 0.25) is 15.9 Å². The van der Waals surface area contributed by atoms with E-state index in [9.17, 15) is 18.0 Å². The molecule has 1 heterocycles. The highest BCUT2D eigenvalue weighted by Crippen LogP contribution is 2.20. The highest BCUT2D eigenvalue weighted by molar-refractivity contribution is 7.90. The number of nitrogens with zero attached hydrogens (tertiary/aromatic N) is 1. The van der Waals surface area contributed by atoms with Gasteiger partial charge in [-0.05, 0) is 44.9 Å². The molecule has 7 nitrogen and oxygen atoms in total. The number of nitrogens with one attached hydrogen (secondary N) is 2. The van der Waals surface area contributed by atoms with E-state index in [0.717, 1.165) is 0 Å². The summed E-state index contributed by atoms with van der Waals surface area (Å²) in [5.74, 6) is -0.629. The maximum Gasteiger partial charge on any atom is 0.253 e. The predicted octanol–water partition coefficient (Wildman–Crippen LogP) is 1.39. The summed E-state index contributed by atoms with van der Waals surface area (Å²) in [6.07, 6.45) is 1.02. The fourth-order valence-electron chi connectivity index (χ4n) is 2.84. The van der Waals surface area contributed by atoms with Crippen LogP contribution in [0.2, 0.25) is 5.02 Å². The summed E-state index contributed by atoms with van der Waals surface area (Å²) >= 11 is 5.92. The Morgan fingerprint density at radius 1 is 1.35 bits per heavy atom. The number of benzene rings is 1. The maximum absolute atomic E-state index is 12.6. The lowest BCUT2D eigenvalue weighted by Gasteiger charge is -2.32. The van der Waals surface area contributed by atoms with Crippen LogP contribution < -0.4 is 10.0 Å². The molecule has 0 unspecified atom stereocenters. The van der Waals surface area contributed by atoms with E-state index in [-0.39, 0.29) is 30.9 Å². The molecule has 1 aliphatic rings. The molecule has 0 radical (unpaired) electrons. The summed E-state index contributed by atoms with van der Waals surface area (Å²) in [4.78, 5) is 25.8. The second-order valence-electron chi connectivity index (χ2n) is 6.61. The number of hydrogen-bond donors (Lipinski definition) is 2. The minimum Gasteiger partial charge on any atom is -0.353 e. The highest BCUT2D eigenvalue weighted by atomic mass is 35.5. The molecule has 0 aromatic heterocycles. The zero-order chi connectivity index (χ0) is 19.3. The molecule has 2 N–H and O–H groups in total. The van der Waals surface area contributed by atoms with Gasteiger partial charge < -0.3 is 10.2 Å². The Bertz CT molecular complexity index is 767. The van der Waals surface area contributed by atoms with Crippen LogP contribution in [0, 0.1) is 0 Å². The van der Waals surface area contributed by atoms with Gasteiger partial charge in [0.15, 0.2) is 0 Å². The minimum atomic E-state index is -3.70. The van der Waals surface area contributed by atoms with Crippen molar-refractivity contribution in [1.29, 1.82) is 0 Å². The molecule has 0 bridgehead atoms. The monoisotopic (exact) mass is 401 g/mol. The third-order valence-electron chi connectivity index (χ3n) is 4.06. The Morgan fingerprint density at radius 2 is 2.08 bits per heavy atom. The van der Waals surface area contributed by atoms with Gasteiger partial charge in [-0.15, -0.1) is 0 Å². The second-order valence-corrected chi connectivity index (χ2v) is 9.10. The molecule has 0 spiro atoms. The first kappa shape index (κ1) is 20.7. The number of sulfonamides is 1. The molecule has 144 valence electrons. The highest BCUT2D eigenvalue weighted by Gasteiger charge is 2.33. The lowest BCUT2D eigenvalue weighted by molar-refractivity contribution is -0.120. The molecule has 1 aromatic carbocycles. The van der Waals surface area contributed by atoms with Crippen molar-refractivity contribution in [2.75, 3.05) is 19.6 Å². The number of rotatable bonds is 6. The summed E-state index contributed by atoms with van der Waals surface area (Å²) in [7, 11) is -3.70. The summed E-state index contributed by atoms with van der Waals surface area (Å²) in [6.45, 7) is 3.87. The minimum absolute atomic E-state index is 0.0625. The van der Waals surface area contributed by atoms with Gasteiger partial charge in [-0.25, -0.2) is 13.1 Å². The summed E-state index contributed by atoms with van der Waals surface area (Å²) in [6, 6.07) is 6.51. The number of carbonyl (C=O) groups is 2. The van der Waals surface area contributed by atoms with E-state index in [1.807, 2.05) is 0 Å². The zero-order valence-corrected chi connectivity index (χ0v) is 16.4. The van der Waals surface area contributed by atoms with Crippen molar-refractivity contribution < 1.29 is 18.0 Å². The molecule has 2 amide bonds. The van der Waals surface area contributed by atoms with Gasteiger partial charge in [0.05, 0.1) is 11.8 Å². The molecule has 26 heavy (non-hydrogen) atoms. The van der Waals surface area contributed by atoms with Crippen molar-refractivity contribution >= 4 is 33.4 Å². The fraction of sp³-hybridized carbons (Fsp3) is 0.529. The summed E-state index contributed by atoms with van der Waals surface area (Å²) < 4.78 is 27.3. The van der Waals surface area contributed by atoms with Crippen molar-refractivity contribution in [2.45, 2.75) is 38.0 Å². The van der Waals surface area contributed by atoms with Crippen LogP contribution in [0.5, 0.6) is 0 Å². The number of carbonyl (C=O) groups excluding carboxylic acids is 2. The van der Waals surface area contributed by atoms with Crippen molar-refractivity contribution in [2.24, 2.45) is 0 Å². The normalized spacial score (nSPS) is 18.0. The number of likely N-dealkylation sites (tertiary alicyclic amines) is 1. The fourth-order valence-corrected chi connectivity index (χ4v) is 4.45. The average Bonchev–Trinajstić information content (AvgIpc) is 2.59. The molecule has 0 aliphatic carbocycles. The van der Waals surface area contributed by atoms with Crippen LogP contribution in [0.15, 0.2) is 24.3 Å². The third-order valence-corrected chi connectivity index (χ3v) is 6.10. The summed E-state index contributed by atoms with van der Waals surface area (Å²) in [5, 5.41) is 2.34. The van der Waals surface area contributed by atoms with E-state index in [0.29, 0.717) is 30.0 Å². The molecule has 1 aliphatic heterocycles. The standard InChI is InChI=1S/C17H24ClN3O4S/c1-12(2)20-16(22)10-19-26(24,25)15-7-4-8-21(11-15)17(23)13-5-3-6-14(18)9-13/h3,5-6,9,12,15,19H,4,7-8,10-11H2,1-2H3,(H,20,22)/t15-/m1/s1. The maximum atomic E-state index is 12.6. The Balaban J connectivity index is 2.00. The van der Waals surface area contributed by atoms with E-state index < -0.39 is 15.3 Å². The quantitative estimate of drug-likeness (QED) is 0.752. The summed E-state index contributed by atoms with van der Waals surface area (Å²) in [5.41, 5.74) is 0.430. The molecule has 0 saturated carbocycles. The van der Waals surface area contributed by atoms with E-state index in [4.69, 9.17) is 11.6 Å². The van der Waals surface area contributed by atoms with Gasteiger partial charge in [0.25, 0.3) is 5.91 Å². The van der Waals surface area contributed by atoms with Gasteiger partial charge >= 0.3 is 0 Å². The lowest BCUT2D eigenvalue weighted by Crippen LogP contribution is -2.50. The average molecular weight is 402 g/mol. The van der Waals surface area contributed by atoms with Crippen molar-refractivity contribution in [1.82, 2.24) is 14.9 Å². The van der Waals surface area contributed by atoms with Crippen molar-refractivity contribution in [3.8, 4) is 0 Å². The van der Waals surface area contributed by atoms with E-state index in [2.05, 4.69) is 10.0 Å². The van der Waals surface area contributed by atoms with Crippen LogP contribution in [0.3, 0.4) is 0 Å². The largest absolute Gasteiger partial charge is 0.353 e. The Morgan fingerprint density at radius 3 is 2.73 bits per heavy atom. The SMILES string of the molecule is CC(C)NC(=O)CNS(=O)(=O)[C@@H]1CCCN(C(=O)c2cccc(Cl)c2)C1. The van der Waals surface area contributed by atoms with Crippen LogP contribution in [0.25, 0.3) is 0 Å². The molecular weight excluding hydrogens is 378 g/mol.